The first-order valence-electron chi connectivity index (χ1n) is 8.03. The van der Waals surface area contributed by atoms with Gasteiger partial charge >= 0.3 is 0 Å². The van der Waals surface area contributed by atoms with E-state index in [0.29, 0.717) is 10.6 Å². The summed E-state index contributed by atoms with van der Waals surface area (Å²) in [4.78, 5) is 35.6. The van der Waals surface area contributed by atoms with Gasteiger partial charge in [-0.15, -0.1) is 0 Å². The molecule has 0 fully saturated rings. The highest BCUT2D eigenvalue weighted by molar-refractivity contribution is 6.30. The van der Waals surface area contributed by atoms with Gasteiger partial charge in [0, 0.05) is 17.5 Å². The summed E-state index contributed by atoms with van der Waals surface area (Å²) in [5, 5.41) is 3.26. The summed E-state index contributed by atoms with van der Waals surface area (Å²) in [6, 6.07) is 13.3. The fourth-order valence-corrected chi connectivity index (χ4v) is 2.46. The Kier molecular flexibility index (Phi) is 6.74. The lowest BCUT2D eigenvalue weighted by Crippen LogP contribution is -2.43. The molecule has 0 spiro atoms. The Balaban J connectivity index is 1.96. The number of benzene rings is 2. The quantitative estimate of drug-likeness (QED) is 0.704. The number of aryl methyl sites for hydroxylation is 1. The molecule has 0 saturated carbocycles. The van der Waals surface area contributed by atoms with E-state index in [-0.39, 0.29) is 12.3 Å². The number of rotatable bonds is 5. The Labute approximate surface area is 156 Å². The van der Waals surface area contributed by atoms with Gasteiger partial charge in [0.25, 0.3) is 5.91 Å². The molecule has 0 aromatic heterocycles. The first kappa shape index (κ1) is 19.5. The zero-order chi connectivity index (χ0) is 19.1. The molecule has 0 aliphatic heterocycles. The molecule has 2 aromatic rings. The van der Waals surface area contributed by atoms with Crippen molar-refractivity contribution >= 4 is 29.3 Å². The van der Waals surface area contributed by atoms with Crippen LogP contribution in [-0.2, 0) is 9.59 Å². The van der Waals surface area contributed by atoms with E-state index in [2.05, 4.69) is 16.2 Å². The molecule has 2 rings (SSSR count). The van der Waals surface area contributed by atoms with Crippen LogP contribution in [0.25, 0.3) is 0 Å². The standard InChI is InChI=1S/C19H20ClN3O3/c1-12-3-5-14(6-4-12)17(21-13(2)24)11-18(25)22-23-19(26)15-7-9-16(20)10-8-15/h3-10,17H,11H2,1-2H3,(H,21,24)(H,22,25)(H,23,26). The molecule has 0 bridgehead atoms. The normalized spacial score (nSPS) is 11.3. The molecule has 0 aliphatic rings. The second-order valence-electron chi connectivity index (χ2n) is 5.88. The monoisotopic (exact) mass is 373 g/mol. The maximum Gasteiger partial charge on any atom is 0.269 e. The zero-order valence-electron chi connectivity index (χ0n) is 14.5. The molecule has 0 radical (unpaired) electrons. The summed E-state index contributed by atoms with van der Waals surface area (Å²) >= 11 is 5.77. The number of nitrogens with one attached hydrogen (secondary N) is 3. The maximum absolute atomic E-state index is 12.2. The van der Waals surface area contributed by atoms with E-state index in [4.69, 9.17) is 11.6 Å². The van der Waals surface area contributed by atoms with Gasteiger partial charge in [0.1, 0.15) is 0 Å². The van der Waals surface area contributed by atoms with E-state index in [1.807, 2.05) is 31.2 Å². The zero-order valence-corrected chi connectivity index (χ0v) is 15.3. The smallest absolute Gasteiger partial charge is 0.269 e. The van der Waals surface area contributed by atoms with Crippen LogP contribution >= 0.6 is 11.6 Å². The Bertz CT molecular complexity index is 789. The first-order chi connectivity index (χ1) is 12.3. The highest BCUT2D eigenvalue weighted by Gasteiger charge is 2.17. The first-order valence-corrected chi connectivity index (χ1v) is 8.41. The number of hydrazine groups is 1. The van der Waals surface area contributed by atoms with Crippen molar-refractivity contribution in [3.8, 4) is 0 Å². The Morgan fingerprint density at radius 3 is 2.15 bits per heavy atom. The van der Waals surface area contributed by atoms with Gasteiger partial charge in [-0.3, -0.25) is 25.2 Å². The van der Waals surface area contributed by atoms with E-state index in [0.717, 1.165) is 11.1 Å². The van der Waals surface area contributed by atoms with E-state index in [1.54, 1.807) is 24.3 Å². The van der Waals surface area contributed by atoms with Crippen LogP contribution in [0, 0.1) is 6.92 Å². The number of halogens is 1. The van der Waals surface area contributed by atoms with E-state index in [1.165, 1.54) is 6.92 Å². The van der Waals surface area contributed by atoms with Gasteiger partial charge in [0.15, 0.2) is 0 Å². The van der Waals surface area contributed by atoms with Crippen molar-refractivity contribution in [1.82, 2.24) is 16.2 Å². The molecule has 7 heteroatoms. The Morgan fingerprint density at radius 1 is 0.962 bits per heavy atom. The predicted molar refractivity (Wildman–Crippen MR) is 99.4 cm³/mol. The maximum atomic E-state index is 12.2. The fraction of sp³-hybridized carbons (Fsp3) is 0.211. The lowest BCUT2D eigenvalue weighted by molar-refractivity contribution is -0.123. The summed E-state index contributed by atoms with van der Waals surface area (Å²) in [5.41, 5.74) is 6.96. The topological polar surface area (TPSA) is 87.3 Å². The van der Waals surface area contributed by atoms with Gasteiger partial charge in [0.05, 0.1) is 12.5 Å². The molecule has 26 heavy (non-hydrogen) atoms. The molecular weight excluding hydrogens is 354 g/mol. The second kappa shape index (κ2) is 9.01. The molecule has 1 unspecified atom stereocenters. The second-order valence-corrected chi connectivity index (χ2v) is 6.31. The van der Waals surface area contributed by atoms with E-state index < -0.39 is 17.9 Å². The summed E-state index contributed by atoms with van der Waals surface area (Å²) in [6.45, 7) is 3.34. The predicted octanol–water partition coefficient (Wildman–Crippen LogP) is 2.68. The number of carbonyl (C=O) groups is 3. The number of carbonyl (C=O) groups excluding carboxylic acids is 3. The van der Waals surface area contributed by atoms with Crippen molar-refractivity contribution in [1.29, 1.82) is 0 Å². The molecule has 136 valence electrons. The minimum Gasteiger partial charge on any atom is -0.349 e. The van der Waals surface area contributed by atoms with Gasteiger partial charge in [-0.25, -0.2) is 0 Å². The van der Waals surface area contributed by atoms with Gasteiger partial charge in [0.2, 0.25) is 11.8 Å². The third-order valence-electron chi connectivity index (χ3n) is 3.67. The van der Waals surface area contributed by atoms with Crippen molar-refractivity contribution in [3.63, 3.8) is 0 Å². The molecule has 1 atom stereocenters. The highest BCUT2D eigenvalue weighted by Crippen LogP contribution is 2.17. The van der Waals surface area contributed by atoms with Crippen LogP contribution in [0.4, 0.5) is 0 Å². The van der Waals surface area contributed by atoms with Gasteiger partial charge in [-0.2, -0.15) is 0 Å². The average Bonchev–Trinajstić information content (AvgIpc) is 2.60. The molecule has 0 heterocycles. The number of amides is 3. The molecular formula is C19H20ClN3O3. The lowest BCUT2D eigenvalue weighted by Gasteiger charge is -2.18. The number of hydrogen-bond acceptors (Lipinski definition) is 3. The van der Waals surface area contributed by atoms with Crippen LogP contribution in [0.3, 0.4) is 0 Å². The van der Waals surface area contributed by atoms with Crippen LogP contribution < -0.4 is 16.2 Å². The van der Waals surface area contributed by atoms with Crippen LogP contribution in [-0.4, -0.2) is 17.7 Å². The molecule has 0 saturated heterocycles. The third kappa shape index (κ3) is 5.89. The van der Waals surface area contributed by atoms with Crippen molar-refractivity contribution in [2.24, 2.45) is 0 Å². The minimum absolute atomic E-state index is 0.0104. The summed E-state index contributed by atoms with van der Waals surface area (Å²) < 4.78 is 0. The molecule has 0 aliphatic carbocycles. The SMILES string of the molecule is CC(=O)NC(CC(=O)NNC(=O)c1ccc(Cl)cc1)c1ccc(C)cc1. The number of hydrogen-bond donors (Lipinski definition) is 3. The van der Waals surface area contributed by atoms with E-state index >= 15 is 0 Å². The molecule has 3 amide bonds. The van der Waals surface area contributed by atoms with Crippen molar-refractivity contribution in [2.75, 3.05) is 0 Å². The Morgan fingerprint density at radius 2 is 1.58 bits per heavy atom. The van der Waals surface area contributed by atoms with Crippen molar-refractivity contribution < 1.29 is 14.4 Å². The van der Waals surface area contributed by atoms with Crippen LogP contribution in [0.15, 0.2) is 48.5 Å². The van der Waals surface area contributed by atoms with Crippen molar-refractivity contribution in [3.05, 3.63) is 70.2 Å². The Hall–Kier alpha value is -2.86. The van der Waals surface area contributed by atoms with Crippen LogP contribution in [0.5, 0.6) is 0 Å². The summed E-state index contributed by atoms with van der Waals surface area (Å²) in [6.07, 6.45) is -0.0104. The highest BCUT2D eigenvalue weighted by atomic mass is 35.5. The lowest BCUT2D eigenvalue weighted by atomic mass is 10.0. The molecule has 2 aromatic carbocycles. The largest absolute Gasteiger partial charge is 0.349 e. The molecule has 3 N–H and O–H groups in total. The third-order valence-corrected chi connectivity index (χ3v) is 3.92. The van der Waals surface area contributed by atoms with E-state index in [9.17, 15) is 14.4 Å². The molecule has 6 nitrogen and oxygen atoms in total. The van der Waals surface area contributed by atoms with Gasteiger partial charge < -0.3 is 5.32 Å². The van der Waals surface area contributed by atoms with Gasteiger partial charge in [-0.05, 0) is 36.8 Å². The average molecular weight is 374 g/mol. The van der Waals surface area contributed by atoms with Crippen LogP contribution in [0.1, 0.15) is 40.9 Å². The van der Waals surface area contributed by atoms with Crippen molar-refractivity contribution in [2.45, 2.75) is 26.3 Å². The van der Waals surface area contributed by atoms with Gasteiger partial charge in [-0.1, -0.05) is 41.4 Å². The van der Waals surface area contributed by atoms with Crippen LogP contribution in [0.2, 0.25) is 5.02 Å². The fourth-order valence-electron chi connectivity index (χ4n) is 2.33. The summed E-state index contributed by atoms with van der Waals surface area (Å²) in [5.74, 6) is -1.12. The minimum atomic E-state index is -0.486. The summed E-state index contributed by atoms with van der Waals surface area (Å²) in [7, 11) is 0.